The highest BCUT2D eigenvalue weighted by molar-refractivity contribution is 5.86. The lowest BCUT2D eigenvalue weighted by Gasteiger charge is -2.26. The van der Waals surface area contributed by atoms with Gasteiger partial charge in [0.05, 0.1) is 7.11 Å². The van der Waals surface area contributed by atoms with Crippen LogP contribution >= 0.6 is 0 Å². The number of amides is 1. The van der Waals surface area contributed by atoms with E-state index in [2.05, 4.69) is 10.6 Å². The Labute approximate surface area is 132 Å². The Kier molecular flexibility index (Phi) is 5.29. The Morgan fingerprint density at radius 1 is 1.27 bits per heavy atom. The van der Waals surface area contributed by atoms with E-state index in [0.29, 0.717) is 5.92 Å². The SMILES string of the molecule is COc1ccc(NC(=O)OC(C)(C)C)c(C2CCNCC2)c1. The van der Waals surface area contributed by atoms with Gasteiger partial charge in [0.1, 0.15) is 11.4 Å². The first-order valence-corrected chi connectivity index (χ1v) is 7.78. The quantitative estimate of drug-likeness (QED) is 0.897. The molecule has 1 aliphatic heterocycles. The van der Waals surface area contributed by atoms with E-state index >= 15 is 0 Å². The molecule has 0 spiro atoms. The number of piperidine rings is 1. The summed E-state index contributed by atoms with van der Waals surface area (Å²) in [6.45, 7) is 7.55. The number of methoxy groups -OCH3 is 1. The molecule has 1 aromatic rings. The molecule has 5 heteroatoms. The van der Waals surface area contributed by atoms with Crippen LogP contribution in [0.5, 0.6) is 5.75 Å². The highest BCUT2D eigenvalue weighted by Gasteiger charge is 2.22. The van der Waals surface area contributed by atoms with Crippen molar-refractivity contribution in [3.05, 3.63) is 23.8 Å². The predicted octanol–water partition coefficient (Wildman–Crippen LogP) is 3.51. The largest absolute Gasteiger partial charge is 0.497 e. The van der Waals surface area contributed by atoms with Crippen LogP contribution in [0.1, 0.15) is 45.1 Å². The van der Waals surface area contributed by atoms with Gasteiger partial charge in [0.15, 0.2) is 0 Å². The Morgan fingerprint density at radius 2 is 1.95 bits per heavy atom. The van der Waals surface area contributed by atoms with Gasteiger partial charge >= 0.3 is 6.09 Å². The molecule has 0 unspecified atom stereocenters. The summed E-state index contributed by atoms with van der Waals surface area (Å²) < 4.78 is 10.7. The van der Waals surface area contributed by atoms with E-state index in [-0.39, 0.29) is 0 Å². The maximum atomic E-state index is 12.0. The molecule has 1 aliphatic rings. The van der Waals surface area contributed by atoms with Crippen molar-refractivity contribution in [1.29, 1.82) is 0 Å². The van der Waals surface area contributed by atoms with Gasteiger partial charge in [0, 0.05) is 5.69 Å². The maximum Gasteiger partial charge on any atom is 0.412 e. The van der Waals surface area contributed by atoms with Gasteiger partial charge in [0.25, 0.3) is 0 Å². The first kappa shape index (κ1) is 16.6. The van der Waals surface area contributed by atoms with Crippen molar-refractivity contribution >= 4 is 11.8 Å². The summed E-state index contributed by atoms with van der Waals surface area (Å²) >= 11 is 0. The smallest absolute Gasteiger partial charge is 0.412 e. The maximum absolute atomic E-state index is 12.0. The molecule has 1 amide bonds. The van der Waals surface area contributed by atoms with Crippen LogP contribution in [-0.4, -0.2) is 31.9 Å². The number of carbonyl (C=O) groups excluding carboxylic acids is 1. The van der Waals surface area contributed by atoms with Crippen LogP contribution in [0.2, 0.25) is 0 Å². The third kappa shape index (κ3) is 4.63. The standard InChI is InChI=1S/C17H26N2O3/c1-17(2,3)22-16(20)19-15-6-5-13(21-4)11-14(15)12-7-9-18-10-8-12/h5-6,11-12,18H,7-10H2,1-4H3,(H,19,20). The van der Waals surface area contributed by atoms with Gasteiger partial charge in [0.2, 0.25) is 0 Å². The Balaban J connectivity index is 2.20. The van der Waals surface area contributed by atoms with Crippen molar-refractivity contribution in [2.45, 2.75) is 45.1 Å². The Bertz CT molecular complexity index is 517. The lowest BCUT2D eigenvalue weighted by atomic mass is 9.89. The molecular formula is C17H26N2O3. The van der Waals surface area contributed by atoms with Gasteiger partial charge in [-0.15, -0.1) is 0 Å². The van der Waals surface area contributed by atoms with Crippen LogP contribution in [0.3, 0.4) is 0 Å². The van der Waals surface area contributed by atoms with Gasteiger partial charge in [-0.1, -0.05) is 0 Å². The van der Waals surface area contributed by atoms with Crippen LogP contribution in [0, 0.1) is 0 Å². The molecule has 0 atom stereocenters. The molecule has 0 saturated carbocycles. The van der Waals surface area contributed by atoms with Gasteiger partial charge in [-0.2, -0.15) is 0 Å². The third-order valence-electron chi connectivity index (χ3n) is 3.67. The zero-order chi connectivity index (χ0) is 16.2. The summed E-state index contributed by atoms with van der Waals surface area (Å²) in [5.74, 6) is 1.23. The topological polar surface area (TPSA) is 59.6 Å². The van der Waals surface area contributed by atoms with Crippen molar-refractivity contribution in [2.24, 2.45) is 0 Å². The second kappa shape index (κ2) is 7.01. The van der Waals surface area contributed by atoms with Crippen LogP contribution in [0.4, 0.5) is 10.5 Å². The molecule has 2 rings (SSSR count). The van der Waals surface area contributed by atoms with E-state index in [1.807, 2.05) is 39.0 Å². The van der Waals surface area contributed by atoms with E-state index in [0.717, 1.165) is 42.9 Å². The molecule has 0 radical (unpaired) electrons. The fraction of sp³-hybridized carbons (Fsp3) is 0.588. The minimum absolute atomic E-state index is 0.418. The van der Waals surface area contributed by atoms with Crippen LogP contribution in [-0.2, 0) is 4.74 Å². The minimum atomic E-state index is -0.508. The van der Waals surface area contributed by atoms with Crippen molar-refractivity contribution in [1.82, 2.24) is 5.32 Å². The summed E-state index contributed by atoms with van der Waals surface area (Å²) in [4.78, 5) is 12.0. The number of hydrogen-bond donors (Lipinski definition) is 2. The Morgan fingerprint density at radius 3 is 2.55 bits per heavy atom. The molecule has 1 heterocycles. The van der Waals surface area contributed by atoms with E-state index < -0.39 is 11.7 Å². The van der Waals surface area contributed by atoms with Gasteiger partial charge < -0.3 is 14.8 Å². The van der Waals surface area contributed by atoms with Gasteiger partial charge in [-0.25, -0.2) is 4.79 Å². The van der Waals surface area contributed by atoms with Crippen LogP contribution < -0.4 is 15.4 Å². The number of hydrogen-bond acceptors (Lipinski definition) is 4. The molecule has 0 aromatic heterocycles. The lowest BCUT2D eigenvalue weighted by molar-refractivity contribution is 0.0635. The highest BCUT2D eigenvalue weighted by atomic mass is 16.6. The molecule has 1 aromatic carbocycles. The lowest BCUT2D eigenvalue weighted by Crippen LogP contribution is -2.29. The fourth-order valence-corrected chi connectivity index (χ4v) is 2.67. The van der Waals surface area contributed by atoms with Gasteiger partial charge in [-0.3, -0.25) is 5.32 Å². The van der Waals surface area contributed by atoms with E-state index in [9.17, 15) is 4.79 Å². The minimum Gasteiger partial charge on any atom is -0.497 e. The molecular weight excluding hydrogens is 280 g/mol. The zero-order valence-electron chi connectivity index (χ0n) is 13.9. The molecule has 5 nitrogen and oxygen atoms in total. The number of benzene rings is 1. The van der Waals surface area contributed by atoms with E-state index in [1.165, 1.54) is 0 Å². The van der Waals surface area contributed by atoms with Crippen molar-refractivity contribution in [2.75, 3.05) is 25.5 Å². The normalized spacial score (nSPS) is 16.2. The van der Waals surface area contributed by atoms with Crippen molar-refractivity contribution in [3.8, 4) is 5.75 Å². The summed E-state index contributed by atoms with van der Waals surface area (Å²) in [5.41, 5.74) is 1.42. The van der Waals surface area contributed by atoms with Crippen molar-refractivity contribution < 1.29 is 14.3 Å². The first-order chi connectivity index (χ1) is 10.4. The van der Waals surface area contributed by atoms with Gasteiger partial charge in [-0.05, 0) is 76.4 Å². The molecule has 1 fully saturated rings. The van der Waals surface area contributed by atoms with Crippen LogP contribution in [0.15, 0.2) is 18.2 Å². The fourth-order valence-electron chi connectivity index (χ4n) is 2.67. The van der Waals surface area contributed by atoms with E-state index in [1.54, 1.807) is 7.11 Å². The predicted molar refractivity (Wildman–Crippen MR) is 87.7 cm³/mol. The number of ether oxygens (including phenoxy) is 2. The molecule has 122 valence electrons. The number of anilines is 1. The number of rotatable bonds is 3. The molecule has 0 aliphatic carbocycles. The second-order valence-corrected chi connectivity index (χ2v) is 6.60. The highest BCUT2D eigenvalue weighted by Crippen LogP contribution is 2.34. The second-order valence-electron chi connectivity index (χ2n) is 6.60. The summed E-state index contributed by atoms with van der Waals surface area (Å²) in [6, 6.07) is 5.76. The monoisotopic (exact) mass is 306 g/mol. The third-order valence-corrected chi connectivity index (χ3v) is 3.67. The van der Waals surface area contributed by atoms with E-state index in [4.69, 9.17) is 9.47 Å². The first-order valence-electron chi connectivity index (χ1n) is 7.78. The zero-order valence-corrected chi connectivity index (χ0v) is 13.9. The average Bonchev–Trinajstić information content (AvgIpc) is 2.46. The summed E-state index contributed by atoms with van der Waals surface area (Å²) in [6.07, 6.45) is 1.68. The molecule has 0 bridgehead atoms. The average molecular weight is 306 g/mol. The molecule has 22 heavy (non-hydrogen) atoms. The van der Waals surface area contributed by atoms with Crippen molar-refractivity contribution in [3.63, 3.8) is 0 Å². The summed E-state index contributed by atoms with van der Waals surface area (Å²) in [5, 5.41) is 6.24. The Hall–Kier alpha value is -1.75. The van der Waals surface area contributed by atoms with Crippen LogP contribution in [0.25, 0.3) is 0 Å². The number of nitrogens with one attached hydrogen (secondary N) is 2. The molecule has 1 saturated heterocycles. The number of carbonyl (C=O) groups is 1. The summed E-state index contributed by atoms with van der Waals surface area (Å²) in [7, 11) is 1.66. The molecule has 2 N–H and O–H groups in total.